The highest BCUT2D eigenvalue weighted by Gasteiger charge is 2.16. The summed E-state index contributed by atoms with van der Waals surface area (Å²) in [5.41, 5.74) is 11.7. The van der Waals surface area contributed by atoms with Crippen molar-refractivity contribution in [2.24, 2.45) is 0 Å². The van der Waals surface area contributed by atoms with Crippen molar-refractivity contribution in [2.75, 3.05) is 9.80 Å². The molecule has 0 fully saturated rings. The molecule has 0 saturated heterocycles. The van der Waals surface area contributed by atoms with E-state index in [1.54, 1.807) is 0 Å². The fourth-order valence-corrected chi connectivity index (χ4v) is 5.99. The second-order valence-electron chi connectivity index (χ2n) is 11.3. The van der Waals surface area contributed by atoms with E-state index in [9.17, 15) is 0 Å². The predicted molar refractivity (Wildman–Crippen MR) is 188 cm³/mol. The molecule has 7 aromatic rings. The molecule has 0 N–H and O–H groups in total. The zero-order valence-electron chi connectivity index (χ0n) is 25.1. The summed E-state index contributed by atoms with van der Waals surface area (Å²) in [6.07, 6.45) is 0. The summed E-state index contributed by atoms with van der Waals surface area (Å²) in [5, 5.41) is 2.46. The maximum absolute atomic E-state index is 2.34. The van der Waals surface area contributed by atoms with Gasteiger partial charge in [0.25, 0.3) is 0 Å². The van der Waals surface area contributed by atoms with Crippen molar-refractivity contribution >= 4 is 44.9 Å². The fourth-order valence-electron chi connectivity index (χ4n) is 5.99. The smallest absolute Gasteiger partial charge is 0.0540 e. The topological polar surface area (TPSA) is 6.48 Å². The van der Waals surface area contributed by atoms with Crippen LogP contribution in [0.25, 0.3) is 21.9 Å². The largest absolute Gasteiger partial charge is 0.310 e. The van der Waals surface area contributed by atoms with Gasteiger partial charge >= 0.3 is 0 Å². The third-order valence-electron chi connectivity index (χ3n) is 8.13. The van der Waals surface area contributed by atoms with Crippen LogP contribution in [0.15, 0.2) is 170 Å². The molecule has 0 unspecified atom stereocenters. The van der Waals surface area contributed by atoms with Crippen molar-refractivity contribution in [1.82, 2.24) is 0 Å². The third-order valence-corrected chi connectivity index (χ3v) is 8.13. The molecule has 7 rings (SSSR count). The van der Waals surface area contributed by atoms with Crippen LogP contribution in [0.3, 0.4) is 0 Å². The minimum atomic E-state index is 1.12. The Labute approximate surface area is 260 Å². The first-order valence-electron chi connectivity index (χ1n) is 15.1. The number of fused-ring (bicyclic) bond motifs is 1. The van der Waals surface area contributed by atoms with Gasteiger partial charge in [-0.05, 0) is 108 Å². The molecule has 0 amide bonds. The maximum atomic E-state index is 2.34. The maximum Gasteiger partial charge on any atom is 0.0540 e. The fraction of sp³-hybridized carbons (Fsp3) is 0.0476. The Morgan fingerprint density at radius 3 is 1.39 bits per heavy atom. The average molecular weight is 567 g/mol. The van der Waals surface area contributed by atoms with Gasteiger partial charge in [0.2, 0.25) is 0 Å². The molecule has 0 heterocycles. The Balaban J connectivity index is 1.24. The van der Waals surface area contributed by atoms with E-state index in [0.29, 0.717) is 0 Å². The Bertz CT molecular complexity index is 1980. The lowest BCUT2D eigenvalue weighted by Gasteiger charge is -2.27. The van der Waals surface area contributed by atoms with Gasteiger partial charge < -0.3 is 9.80 Å². The lowest BCUT2D eigenvalue weighted by Crippen LogP contribution is -2.10. The second kappa shape index (κ2) is 11.9. The van der Waals surface area contributed by atoms with Gasteiger partial charge in [-0.15, -0.1) is 0 Å². The first-order valence-corrected chi connectivity index (χ1v) is 15.1. The molecule has 212 valence electrons. The third kappa shape index (κ3) is 5.46. The SMILES string of the molecule is Cc1cccc(N(c2ccc(-c3ccc(N(c4ccccc4)c4cccc5ccccc45)cc3)cc2)c2cccc(C)c2)c1. The Morgan fingerprint density at radius 1 is 0.341 bits per heavy atom. The molecule has 7 aromatic carbocycles. The normalized spacial score (nSPS) is 11.0. The van der Waals surface area contributed by atoms with E-state index in [0.717, 1.165) is 28.4 Å². The van der Waals surface area contributed by atoms with Crippen LogP contribution >= 0.6 is 0 Å². The molecule has 0 bridgehead atoms. The van der Waals surface area contributed by atoms with Crippen molar-refractivity contribution in [1.29, 1.82) is 0 Å². The van der Waals surface area contributed by atoms with Gasteiger partial charge in [-0.2, -0.15) is 0 Å². The molecular formula is C42H34N2. The molecule has 0 atom stereocenters. The van der Waals surface area contributed by atoms with Crippen molar-refractivity contribution in [3.63, 3.8) is 0 Å². The number of benzene rings is 7. The summed E-state index contributed by atoms with van der Waals surface area (Å²) in [7, 11) is 0. The highest BCUT2D eigenvalue weighted by Crippen LogP contribution is 2.40. The van der Waals surface area contributed by atoms with Crippen LogP contribution in [0.2, 0.25) is 0 Å². The molecule has 0 aliphatic carbocycles. The van der Waals surface area contributed by atoms with Gasteiger partial charge in [-0.3, -0.25) is 0 Å². The second-order valence-corrected chi connectivity index (χ2v) is 11.3. The number of hydrogen-bond acceptors (Lipinski definition) is 2. The summed E-state index contributed by atoms with van der Waals surface area (Å²) in [4.78, 5) is 4.67. The number of para-hydroxylation sites is 1. The molecule has 0 radical (unpaired) electrons. The van der Waals surface area contributed by atoms with Crippen LogP contribution in [0.5, 0.6) is 0 Å². The van der Waals surface area contributed by atoms with E-state index in [1.165, 1.54) is 38.7 Å². The van der Waals surface area contributed by atoms with Gasteiger partial charge in [0.05, 0.1) is 5.69 Å². The van der Waals surface area contributed by atoms with Crippen molar-refractivity contribution < 1.29 is 0 Å². The Hall–Kier alpha value is -5.60. The van der Waals surface area contributed by atoms with Crippen molar-refractivity contribution in [3.8, 4) is 11.1 Å². The number of rotatable bonds is 7. The van der Waals surface area contributed by atoms with Gasteiger partial charge in [0.15, 0.2) is 0 Å². The molecule has 44 heavy (non-hydrogen) atoms. The van der Waals surface area contributed by atoms with Crippen LogP contribution in [0.4, 0.5) is 34.1 Å². The number of aryl methyl sites for hydroxylation is 2. The summed E-state index contributed by atoms with van der Waals surface area (Å²) in [6.45, 7) is 4.29. The summed E-state index contributed by atoms with van der Waals surface area (Å²) >= 11 is 0. The summed E-state index contributed by atoms with van der Waals surface area (Å²) < 4.78 is 0. The van der Waals surface area contributed by atoms with E-state index in [1.807, 2.05) is 0 Å². The molecule has 2 nitrogen and oxygen atoms in total. The zero-order chi connectivity index (χ0) is 29.9. The molecule has 0 aromatic heterocycles. The van der Waals surface area contributed by atoms with E-state index in [4.69, 9.17) is 0 Å². The minimum Gasteiger partial charge on any atom is -0.310 e. The molecular weight excluding hydrogens is 532 g/mol. The van der Waals surface area contributed by atoms with E-state index < -0.39 is 0 Å². The van der Waals surface area contributed by atoms with Gasteiger partial charge in [-0.1, -0.05) is 103 Å². The quantitative estimate of drug-likeness (QED) is 0.189. The van der Waals surface area contributed by atoms with Gasteiger partial charge in [-0.25, -0.2) is 0 Å². The van der Waals surface area contributed by atoms with Crippen LogP contribution in [0, 0.1) is 13.8 Å². The average Bonchev–Trinajstić information content (AvgIpc) is 3.07. The summed E-state index contributed by atoms with van der Waals surface area (Å²) in [5.74, 6) is 0. The number of hydrogen-bond donors (Lipinski definition) is 0. The lowest BCUT2D eigenvalue weighted by molar-refractivity contribution is 1.26. The van der Waals surface area contributed by atoms with Gasteiger partial charge in [0, 0.05) is 33.8 Å². The van der Waals surface area contributed by atoms with Crippen LogP contribution in [0.1, 0.15) is 11.1 Å². The lowest BCUT2D eigenvalue weighted by atomic mass is 10.0. The van der Waals surface area contributed by atoms with Crippen LogP contribution in [-0.2, 0) is 0 Å². The zero-order valence-corrected chi connectivity index (χ0v) is 25.1. The van der Waals surface area contributed by atoms with Crippen molar-refractivity contribution in [2.45, 2.75) is 13.8 Å². The van der Waals surface area contributed by atoms with Gasteiger partial charge in [0.1, 0.15) is 0 Å². The molecule has 0 saturated carbocycles. The monoisotopic (exact) mass is 566 g/mol. The molecule has 2 heteroatoms. The first-order chi connectivity index (χ1) is 21.6. The number of nitrogens with zero attached hydrogens (tertiary/aromatic N) is 2. The van der Waals surface area contributed by atoms with Crippen LogP contribution in [-0.4, -0.2) is 0 Å². The predicted octanol–water partition coefficient (Wildman–Crippen LogP) is 12.1. The first kappa shape index (κ1) is 27.2. The van der Waals surface area contributed by atoms with Crippen molar-refractivity contribution in [3.05, 3.63) is 181 Å². The molecule has 0 aliphatic rings. The molecule has 0 spiro atoms. The summed E-state index contributed by atoms with van der Waals surface area (Å²) in [6, 6.07) is 60.9. The highest BCUT2D eigenvalue weighted by molar-refractivity contribution is 5.99. The van der Waals surface area contributed by atoms with E-state index >= 15 is 0 Å². The Kier molecular flexibility index (Phi) is 7.40. The van der Waals surface area contributed by atoms with E-state index in [2.05, 4.69) is 194 Å². The number of anilines is 6. The van der Waals surface area contributed by atoms with Crippen LogP contribution < -0.4 is 9.80 Å². The Morgan fingerprint density at radius 2 is 0.795 bits per heavy atom. The standard InChI is InChI=1S/C42H34N2/c1-31-11-8-17-39(29-31)43(40-18-9-12-32(2)30-40)37-25-21-33(22-26-37)34-23-27-38(28-24-34)44(36-15-4-3-5-16-36)42-20-10-14-35-13-6-7-19-41(35)42/h3-30H,1-2H3. The molecule has 0 aliphatic heterocycles. The van der Waals surface area contributed by atoms with E-state index in [-0.39, 0.29) is 0 Å². The highest BCUT2D eigenvalue weighted by atomic mass is 15.1. The minimum absolute atomic E-state index is 1.12.